The second kappa shape index (κ2) is 11.4. The van der Waals surface area contributed by atoms with Crippen molar-refractivity contribution in [2.75, 3.05) is 0 Å². The summed E-state index contributed by atoms with van der Waals surface area (Å²) in [7, 11) is 0. The van der Waals surface area contributed by atoms with Gasteiger partial charge >= 0.3 is 0 Å². The van der Waals surface area contributed by atoms with Gasteiger partial charge in [0.15, 0.2) is 11.5 Å². The number of benzene rings is 4. The monoisotopic (exact) mass is 662 g/mol. The van der Waals surface area contributed by atoms with Crippen LogP contribution < -0.4 is 10.3 Å². The van der Waals surface area contributed by atoms with E-state index in [0.29, 0.717) is 33.4 Å². The average molecular weight is 664 g/mol. The van der Waals surface area contributed by atoms with Crippen LogP contribution in [0, 0.1) is 10.1 Å². The number of fused-ring (bicyclic) bond motifs is 2. The highest BCUT2D eigenvalue weighted by Crippen LogP contribution is 2.35. The fraction of sp³-hybridized carbons (Fsp3) is 0.0333. The van der Waals surface area contributed by atoms with Gasteiger partial charge in [0, 0.05) is 22.0 Å². The van der Waals surface area contributed by atoms with Crippen LogP contribution in [0.1, 0.15) is 11.1 Å². The number of rotatable bonds is 7. The van der Waals surface area contributed by atoms with E-state index < -0.39 is 4.92 Å². The predicted molar refractivity (Wildman–Crippen MR) is 166 cm³/mol. The van der Waals surface area contributed by atoms with Gasteiger partial charge in [-0.1, -0.05) is 63.4 Å². The van der Waals surface area contributed by atoms with Gasteiger partial charge in [-0.15, -0.1) is 0 Å². The first-order valence-electron chi connectivity index (χ1n) is 12.4. The molecule has 0 atom stereocenters. The molecule has 0 spiro atoms. The van der Waals surface area contributed by atoms with E-state index in [1.807, 2.05) is 18.2 Å². The molecule has 0 aliphatic heterocycles. The molecule has 0 saturated heterocycles. The number of aromatic nitrogens is 2. The zero-order valence-electron chi connectivity index (χ0n) is 21.3. The van der Waals surface area contributed by atoms with Gasteiger partial charge in [0.25, 0.3) is 11.2 Å². The first-order chi connectivity index (χ1) is 20.3. The van der Waals surface area contributed by atoms with E-state index in [9.17, 15) is 14.9 Å². The number of nitro groups is 1. The fourth-order valence-electron chi connectivity index (χ4n) is 4.35. The van der Waals surface area contributed by atoms with E-state index in [4.69, 9.17) is 32.4 Å². The van der Waals surface area contributed by atoms with Gasteiger partial charge in [-0.3, -0.25) is 14.9 Å². The normalized spacial score (nSPS) is 11.5. The molecular formula is C30H17BrCl2N4O5. The lowest BCUT2D eigenvalue weighted by molar-refractivity contribution is -0.384. The van der Waals surface area contributed by atoms with Gasteiger partial charge in [0.05, 0.1) is 32.1 Å². The summed E-state index contributed by atoms with van der Waals surface area (Å²) in [6.45, 7) is 0.0180. The minimum Gasteiger partial charge on any atom is -0.486 e. The maximum atomic E-state index is 13.5. The summed E-state index contributed by atoms with van der Waals surface area (Å²) in [6.07, 6.45) is 1.43. The summed E-state index contributed by atoms with van der Waals surface area (Å²) in [5.74, 6) is 0.793. The molecule has 6 aromatic rings. The first kappa shape index (κ1) is 27.6. The Hall–Kier alpha value is -4.51. The Morgan fingerprint density at radius 2 is 1.81 bits per heavy atom. The molecule has 6 rings (SSSR count). The Bertz CT molecular complexity index is 2090. The van der Waals surface area contributed by atoms with Crippen LogP contribution in [0.15, 0.2) is 104 Å². The molecule has 0 amide bonds. The topological polar surface area (TPSA) is 113 Å². The largest absolute Gasteiger partial charge is 0.486 e. The molecule has 0 N–H and O–H groups in total. The summed E-state index contributed by atoms with van der Waals surface area (Å²) >= 11 is 16.4. The third-order valence-corrected chi connectivity index (χ3v) is 7.35. The molecule has 0 radical (unpaired) electrons. The third kappa shape index (κ3) is 5.52. The number of hydrogen-bond donors (Lipinski definition) is 0. The van der Waals surface area contributed by atoms with Crippen LogP contribution in [0.3, 0.4) is 0 Å². The number of furan rings is 1. The lowest BCUT2D eigenvalue weighted by Crippen LogP contribution is -2.20. The molecule has 208 valence electrons. The maximum absolute atomic E-state index is 13.5. The van der Waals surface area contributed by atoms with E-state index in [1.54, 1.807) is 54.6 Å². The van der Waals surface area contributed by atoms with Gasteiger partial charge < -0.3 is 9.15 Å². The van der Waals surface area contributed by atoms with Crippen molar-refractivity contribution in [1.29, 1.82) is 0 Å². The minimum atomic E-state index is -0.480. The first-order valence-corrected chi connectivity index (χ1v) is 13.9. The molecule has 12 heteroatoms. The number of para-hydroxylation sites is 1. The summed E-state index contributed by atoms with van der Waals surface area (Å²) in [5, 5.41) is 17.1. The molecule has 2 heterocycles. The van der Waals surface area contributed by atoms with Gasteiger partial charge in [-0.2, -0.15) is 9.78 Å². The molecule has 0 fully saturated rings. The van der Waals surface area contributed by atoms with Crippen molar-refractivity contribution in [2.45, 2.75) is 6.61 Å². The van der Waals surface area contributed by atoms with Gasteiger partial charge in [0.2, 0.25) is 5.82 Å². The quantitative estimate of drug-likeness (QED) is 0.0966. The van der Waals surface area contributed by atoms with E-state index in [0.717, 1.165) is 9.86 Å². The lowest BCUT2D eigenvalue weighted by atomic mass is 10.2. The summed E-state index contributed by atoms with van der Waals surface area (Å²) < 4.78 is 13.9. The molecule has 0 bridgehead atoms. The van der Waals surface area contributed by atoms with Crippen molar-refractivity contribution in [2.24, 2.45) is 5.10 Å². The van der Waals surface area contributed by atoms with Crippen LogP contribution in [-0.2, 0) is 6.61 Å². The molecule has 0 unspecified atom stereocenters. The van der Waals surface area contributed by atoms with Crippen LogP contribution in [0.2, 0.25) is 10.0 Å². The van der Waals surface area contributed by atoms with Crippen molar-refractivity contribution in [3.05, 3.63) is 131 Å². The maximum Gasteiger partial charge on any atom is 0.282 e. The summed E-state index contributed by atoms with van der Waals surface area (Å²) in [5.41, 5.74) is 1.77. The van der Waals surface area contributed by atoms with E-state index >= 15 is 0 Å². The fourth-order valence-corrected chi connectivity index (χ4v) is 5.34. The predicted octanol–water partition coefficient (Wildman–Crippen LogP) is 8.25. The number of non-ortho nitro benzene ring substituents is 1. The van der Waals surface area contributed by atoms with Crippen molar-refractivity contribution in [3.8, 4) is 17.3 Å². The van der Waals surface area contributed by atoms with Gasteiger partial charge in [-0.25, -0.2) is 4.98 Å². The third-order valence-electron chi connectivity index (χ3n) is 6.30. The molecular weight excluding hydrogens is 647 g/mol. The smallest absolute Gasteiger partial charge is 0.282 e. The Morgan fingerprint density at radius 1 is 1.02 bits per heavy atom. The number of nitro benzene ring substituents is 1. The van der Waals surface area contributed by atoms with Crippen LogP contribution in [0.5, 0.6) is 5.75 Å². The van der Waals surface area contributed by atoms with Crippen LogP contribution in [0.4, 0.5) is 5.69 Å². The van der Waals surface area contributed by atoms with Crippen molar-refractivity contribution in [3.63, 3.8) is 0 Å². The highest BCUT2D eigenvalue weighted by Gasteiger charge is 2.17. The van der Waals surface area contributed by atoms with Crippen LogP contribution in [0.25, 0.3) is 33.5 Å². The van der Waals surface area contributed by atoms with Gasteiger partial charge in [0.1, 0.15) is 12.2 Å². The van der Waals surface area contributed by atoms with Crippen molar-refractivity contribution in [1.82, 2.24) is 9.66 Å². The number of nitrogens with zero attached hydrogens (tertiary/aromatic N) is 4. The highest BCUT2D eigenvalue weighted by molar-refractivity contribution is 9.10. The number of hydrogen-bond acceptors (Lipinski definition) is 7. The van der Waals surface area contributed by atoms with Gasteiger partial charge in [-0.05, 0) is 59.7 Å². The summed E-state index contributed by atoms with van der Waals surface area (Å²) in [6, 6.07) is 23.6. The molecule has 42 heavy (non-hydrogen) atoms. The van der Waals surface area contributed by atoms with E-state index in [1.165, 1.54) is 23.0 Å². The minimum absolute atomic E-state index is 0.0180. The van der Waals surface area contributed by atoms with E-state index in [-0.39, 0.29) is 39.5 Å². The molecule has 0 aliphatic carbocycles. The van der Waals surface area contributed by atoms with E-state index in [2.05, 4.69) is 26.0 Å². The van der Waals surface area contributed by atoms with Crippen molar-refractivity contribution >= 4 is 72.9 Å². The molecule has 9 nitrogen and oxygen atoms in total. The number of ether oxygens (including phenoxy) is 1. The molecule has 4 aromatic carbocycles. The average Bonchev–Trinajstić information content (AvgIpc) is 3.39. The van der Waals surface area contributed by atoms with Crippen molar-refractivity contribution < 1.29 is 14.1 Å². The molecule has 0 saturated carbocycles. The lowest BCUT2D eigenvalue weighted by Gasteiger charge is -2.11. The molecule has 2 aromatic heterocycles. The Kier molecular flexibility index (Phi) is 7.51. The summed E-state index contributed by atoms with van der Waals surface area (Å²) in [4.78, 5) is 28.8. The SMILES string of the molecule is O=c1c2ccccc2nc(-c2cc3cc(Br)ccc3o2)n1N=Cc1cc(Cl)c(OCc2cccc([N+](=O)[O-])c2)c(Cl)c1. The van der Waals surface area contributed by atoms with Crippen LogP contribution >= 0.6 is 39.1 Å². The Morgan fingerprint density at radius 3 is 2.60 bits per heavy atom. The second-order valence-electron chi connectivity index (χ2n) is 9.14. The zero-order valence-corrected chi connectivity index (χ0v) is 24.4. The molecule has 0 aliphatic rings. The standard InChI is InChI=1S/C30H17BrCl2N4O5/c31-20-8-9-26-19(13-20)14-27(42-26)29-35-25-7-2-1-6-22(25)30(38)36(29)34-15-18-11-23(32)28(24(33)12-18)41-16-17-4-3-5-21(10-17)37(39)40/h1-15H,16H2. The van der Waals surface area contributed by atoms with Crippen LogP contribution in [-0.4, -0.2) is 20.8 Å². The number of halogens is 3. The highest BCUT2D eigenvalue weighted by atomic mass is 79.9. The second-order valence-corrected chi connectivity index (χ2v) is 10.9. The zero-order chi connectivity index (χ0) is 29.4. The Balaban J connectivity index is 1.35. The Labute approximate surface area is 255 Å².